The molecular weight excluding hydrogens is 270 g/mol. The van der Waals surface area contributed by atoms with Gasteiger partial charge in [-0.2, -0.15) is 11.3 Å². The molecule has 2 heterocycles. The molecule has 1 atom stereocenters. The number of hydrogen-bond acceptors (Lipinski definition) is 3. The summed E-state index contributed by atoms with van der Waals surface area (Å²) in [6, 6.07) is 7.83. The average molecular weight is 287 g/mol. The van der Waals surface area contributed by atoms with E-state index in [0.29, 0.717) is 6.54 Å². The molecule has 0 radical (unpaired) electrons. The SMILES string of the molecule is Cc1cscc1C(=O)N1CCc2ccccc2[C@H]1CO. The Kier molecular flexibility index (Phi) is 3.59. The van der Waals surface area contributed by atoms with Gasteiger partial charge in [0.2, 0.25) is 0 Å². The molecule has 20 heavy (non-hydrogen) atoms. The summed E-state index contributed by atoms with van der Waals surface area (Å²) in [5.41, 5.74) is 4.07. The van der Waals surface area contributed by atoms with E-state index in [1.165, 1.54) is 5.56 Å². The van der Waals surface area contributed by atoms with E-state index in [0.717, 1.165) is 23.1 Å². The van der Waals surface area contributed by atoms with Crippen molar-refractivity contribution in [2.75, 3.05) is 13.2 Å². The fourth-order valence-corrected chi connectivity index (χ4v) is 3.65. The van der Waals surface area contributed by atoms with Crippen molar-refractivity contribution in [1.29, 1.82) is 0 Å². The Hall–Kier alpha value is -1.65. The standard InChI is InChI=1S/C16H17NO2S/c1-11-9-20-10-14(11)16(19)17-7-6-12-4-2-3-5-13(12)15(17)8-18/h2-5,9-10,15,18H,6-8H2,1H3/t15-/m1/s1. The zero-order valence-corrected chi connectivity index (χ0v) is 12.2. The predicted molar refractivity (Wildman–Crippen MR) is 80.1 cm³/mol. The molecular formula is C16H17NO2S. The van der Waals surface area contributed by atoms with Gasteiger partial charge in [0.15, 0.2) is 0 Å². The van der Waals surface area contributed by atoms with E-state index in [-0.39, 0.29) is 18.6 Å². The van der Waals surface area contributed by atoms with Crippen LogP contribution in [0.3, 0.4) is 0 Å². The highest BCUT2D eigenvalue weighted by Gasteiger charge is 2.31. The van der Waals surface area contributed by atoms with Gasteiger partial charge in [0.25, 0.3) is 5.91 Å². The van der Waals surface area contributed by atoms with Gasteiger partial charge < -0.3 is 10.0 Å². The number of amides is 1. The number of benzene rings is 1. The van der Waals surface area contributed by atoms with Crippen LogP contribution < -0.4 is 0 Å². The van der Waals surface area contributed by atoms with Gasteiger partial charge in [0.05, 0.1) is 18.2 Å². The van der Waals surface area contributed by atoms with Crippen LogP contribution in [0.5, 0.6) is 0 Å². The average Bonchev–Trinajstić information content (AvgIpc) is 2.91. The first kappa shape index (κ1) is 13.3. The van der Waals surface area contributed by atoms with Crippen LogP contribution >= 0.6 is 11.3 Å². The Morgan fingerprint density at radius 1 is 1.40 bits per heavy atom. The monoisotopic (exact) mass is 287 g/mol. The highest BCUT2D eigenvalue weighted by molar-refractivity contribution is 7.08. The second-order valence-corrected chi connectivity index (χ2v) is 5.86. The lowest BCUT2D eigenvalue weighted by molar-refractivity contribution is 0.0568. The summed E-state index contributed by atoms with van der Waals surface area (Å²) in [6.45, 7) is 2.58. The number of rotatable bonds is 2. The molecule has 1 aliphatic rings. The Morgan fingerprint density at radius 2 is 2.20 bits per heavy atom. The van der Waals surface area contributed by atoms with E-state index in [9.17, 15) is 9.90 Å². The molecule has 1 aromatic heterocycles. The summed E-state index contributed by atoms with van der Waals surface area (Å²) in [5, 5.41) is 13.6. The molecule has 4 heteroatoms. The van der Waals surface area contributed by atoms with E-state index in [4.69, 9.17) is 0 Å². The number of carbonyl (C=O) groups excluding carboxylic acids is 1. The van der Waals surface area contributed by atoms with Gasteiger partial charge in [-0.15, -0.1) is 0 Å². The van der Waals surface area contributed by atoms with E-state index >= 15 is 0 Å². The van der Waals surface area contributed by atoms with Crippen molar-refractivity contribution >= 4 is 17.2 Å². The van der Waals surface area contributed by atoms with Crippen LogP contribution in [0.2, 0.25) is 0 Å². The molecule has 1 N–H and O–H groups in total. The van der Waals surface area contributed by atoms with Crippen molar-refractivity contribution in [3.63, 3.8) is 0 Å². The maximum absolute atomic E-state index is 12.7. The van der Waals surface area contributed by atoms with Gasteiger partial charge >= 0.3 is 0 Å². The molecule has 104 valence electrons. The van der Waals surface area contributed by atoms with Crippen molar-refractivity contribution in [1.82, 2.24) is 4.90 Å². The van der Waals surface area contributed by atoms with E-state index in [2.05, 4.69) is 6.07 Å². The first-order valence-corrected chi connectivity index (χ1v) is 7.69. The van der Waals surface area contributed by atoms with Gasteiger partial charge in [0, 0.05) is 11.9 Å². The Bertz CT molecular complexity index is 635. The summed E-state index contributed by atoms with van der Waals surface area (Å²) in [7, 11) is 0. The number of aliphatic hydroxyl groups is 1. The number of carbonyl (C=O) groups is 1. The lowest BCUT2D eigenvalue weighted by Crippen LogP contribution is -2.41. The van der Waals surface area contributed by atoms with Gasteiger partial charge in [-0.05, 0) is 35.4 Å². The Labute approximate surface area is 122 Å². The molecule has 0 saturated carbocycles. The first-order valence-electron chi connectivity index (χ1n) is 6.74. The maximum atomic E-state index is 12.7. The van der Waals surface area contributed by atoms with Gasteiger partial charge in [-0.1, -0.05) is 24.3 Å². The van der Waals surface area contributed by atoms with Crippen LogP contribution in [0.15, 0.2) is 35.0 Å². The number of fused-ring (bicyclic) bond motifs is 1. The molecule has 1 amide bonds. The van der Waals surface area contributed by atoms with Crippen LogP contribution in [-0.2, 0) is 6.42 Å². The Morgan fingerprint density at radius 3 is 2.90 bits per heavy atom. The highest BCUT2D eigenvalue weighted by Crippen LogP contribution is 2.31. The van der Waals surface area contributed by atoms with Crippen LogP contribution in [0.25, 0.3) is 0 Å². The van der Waals surface area contributed by atoms with Crippen molar-refractivity contribution < 1.29 is 9.90 Å². The smallest absolute Gasteiger partial charge is 0.255 e. The molecule has 0 fully saturated rings. The molecule has 0 aliphatic carbocycles. The maximum Gasteiger partial charge on any atom is 0.255 e. The topological polar surface area (TPSA) is 40.5 Å². The summed E-state index contributed by atoms with van der Waals surface area (Å²) in [4.78, 5) is 14.5. The van der Waals surface area contributed by atoms with E-state index in [1.807, 2.05) is 35.9 Å². The highest BCUT2D eigenvalue weighted by atomic mass is 32.1. The number of thiophene rings is 1. The number of aryl methyl sites for hydroxylation is 1. The van der Waals surface area contributed by atoms with Gasteiger partial charge in [-0.25, -0.2) is 0 Å². The zero-order valence-electron chi connectivity index (χ0n) is 11.4. The largest absolute Gasteiger partial charge is 0.394 e. The van der Waals surface area contributed by atoms with E-state index < -0.39 is 0 Å². The van der Waals surface area contributed by atoms with Crippen LogP contribution in [-0.4, -0.2) is 29.1 Å². The quantitative estimate of drug-likeness (QED) is 0.922. The summed E-state index contributed by atoms with van der Waals surface area (Å²) < 4.78 is 0. The summed E-state index contributed by atoms with van der Waals surface area (Å²) in [5.74, 6) is 0.0253. The lowest BCUT2D eigenvalue weighted by Gasteiger charge is -2.36. The second-order valence-electron chi connectivity index (χ2n) is 5.11. The molecule has 3 rings (SSSR count). The van der Waals surface area contributed by atoms with Crippen molar-refractivity contribution in [3.05, 3.63) is 57.3 Å². The minimum Gasteiger partial charge on any atom is -0.394 e. The fourth-order valence-electron chi connectivity index (χ4n) is 2.83. The van der Waals surface area contributed by atoms with Crippen LogP contribution in [0.4, 0.5) is 0 Å². The van der Waals surface area contributed by atoms with Crippen molar-refractivity contribution in [2.45, 2.75) is 19.4 Å². The third-order valence-electron chi connectivity index (χ3n) is 3.93. The molecule has 2 aromatic rings. The molecule has 0 spiro atoms. The van der Waals surface area contributed by atoms with Crippen LogP contribution in [0, 0.1) is 6.92 Å². The van der Waals surface area contributed by atoms with Gasteiger partial charge in [0.1, 0.15) is 0 Å². The number of nitrogens with zero attached hydrogens (tertiary/aromatic N) is 1. The second kappa shape index (κ2) is 5.38. The normalized spacial score (nSPS) is 17.9. The number of hydrogen-bond donors (Lipinski definition) is 1. The molecule has 0 saturated heterocycles. The molecule has 0 unspecified atom stereocenters. The molecule has 0 bridgehead atoms. The molecule has 3 nitrogen and oxygen atoms in total. The van der Waals surface area contributed by atoms with Crippen LogP contribution in [0.1, 0.15) is 33.1 Å². The fraction of sp³-hybridized carbons (Fsp3) is 0.312. The van der Waals surface area contributed by atoms with E-state index in [1.54, 1.807) is 16.2 Å². The zero-order chi connectivity index (χ0) is 14.1. The number of aliphatic hydroxyl groups excluding tert-OH is 1. The summed E-state index contributed by atoms with van der Waals surface area (Å²) in [6.07, 6.45) is 0.849. The lowest BCUT2D eigenvalue weighted by atomic mass is 9.92. The van der Waals surface area contributed by atoms with Crippen molar-refractivity contribution in [2.24, 2.45) is 0 Å². The minimum atomic E-state index is -0.230. The first-order chi connectivity index (χ1) is 9.72. The van der Waals surface area contributed by atoms with Crippen molar-refractivity contribution in [3.8, 4) is 0 Å². The van der Waals surface area contributed by atoms with Gasteiger partial charge in [-0.3, -0.25) is 4.79 Å². The molecule has 1 aromatic carbocycles. The summed E-state index contributed by atoms with van der Waals surface area (Å²) >= 11 is 1.54. The predicted octanol–water partition coefficient (Wildman–Crippen LogP) is 2.79. The molecule has 1 aliphatic heterocycles. The third-order valence-corrected chi connectivity index (χ3v) is 4.79. The Balaban J connectivity index is 1.96. The minimum absolute atomic E-state index is 0.0253. The third kappa shape index (κ3) is 2.15.